The smallest absolute Gasteiger partial charge is 0.354 e. The SMILES string of the molecule is C#CC(OCc1ccccc1)c1cc(C(=O)OCC)n(Cc2ccc(OC)cc2)c1C=C. The van der Waals surface area contributed by atoms with Crippen LogP contribution in [0.15, 0.2) is 67.2 Å². The Labute approximate surface area is 189 Å². The van der Waals surface area contributed by atoms with Gasteiger partial charge in [-0.3, -0.25) is 0 Å². The van der Waals surface area contributed by atoms with Crippen LogP contribution in [-0.2, 0) is 22.6 Å². The Hall–Kier alpha value is -3.75. The molecule has 0 radical (unpaired) electrons. The molecule has 0 N–H and O–H groups in total. The van der Waals surface area contributed by atoms with Crippen molar-refractivity contribution in [3.63, 3.8) is 0 Å². The molecule has 0 aliphatic heterocycles. The minimum absolute atomic E-state index is 0.272. The number of aromatic nitrogens is 1. The van der Waals surface area contributed by atoms with Crippen molar-refractivity contribution in [3.8, 4) is 18.1 Å². The number of hydrogen-bond donors (Lipinski definition) is 0. The van der Waals surface area contributed by atoms with E-state index in [0.29, 0.717) is 24.4 Å². The maximum atomic E-state index is 12.7. The summed E-state index contributed by atoms with van der Waals surface area (Å²) < 4.78 is 18.4. The van der Waals surface area contributed by atoms with Crippen LogP contribution in [0.1, 0.15) is 45.9 Å². The van der Waals surface area contributed by atoms with Crippen LogP contribution in [-0.4, -0.2) is 24.3 Å². The Morgan fingerprint density at radius 3 is 2.47 bits per heavy atom. The van der Waals surface area contributed by atoms with Crippen molar-refractivity contribution in [3.05, 3.63) is 95.3 Å². The number of hydrogen-bond acceptors (Lipinski definition) is 4. The fourth-order valence-corrected chi connectivity index (χ4v) is 3.46. The normalized spacial score (nSPS) is 11.4. The van der Waals surface area contributed by atoms with Gasteiger partial charge in [-0.2, -0.15) is 0 Å². The van der Waals surface area contributed by atoms with E-state index in [9.17, 15) is 4.79 Å². The van der Waals surface area contributed by atoms with E-state index in [4.69, 9.17) is 20.6 Å². The van der Waals surface area contributed by atoms with Crippen LogP contribution in [0.5, 0.6) is 5.75 Å². The van der Waals surface area contributed by atoms with E-state index in [-0.39, 0.29) is 6.61 Å². The summed E-state index contributed by atoms with van der Waals surface area (Å²) >= 11 is 0. The van der Waals surface area contributed by atoms with Crippen LogP contribution in [0.4, 0.5) is 0 Å². The number of nitrogens with zero attached hydrogens (tertiary/aromatic N) is 1. The maximum Gasteiger partial charge on any atom is 0.354 e. The van der Waals surface area contributed by atoms with E-state index in [1.165, 1.54) is 0 Å². The van der Waals surface area contributed by atoms with Crippen LogP contribution in [0, 0.1) is 12.3 Å². The van der Waals surface area contributed by atoms with Gasteiger partial charge in [-0.1, -0.05) is 55.0 Å². The molecule has 0 amide bonds. The molecular weight excluding hydrogens is 402 g/mol. The van der Waals surface area contributed by atoms with E-state index in [1.54, 1.807) is 26.2 Å². The topological polar surface area (TPSA) is 49.7 Å². The van der Waals surface area contributed by atoms with E-state index >= 15 is 0 Å². The van der Waals surface area contributed by atoms with Gasteiger partial charge >= 0.3 is 5.97 Å². The van der Waals surface area contributed by atoms with Gasteiger partial charge in [0.25, 0.3) is 0 Å². The Balaban J connectivity index is 1.97. The maximum absolute atomic E-state index is 12.7. The van der Waals surface area contributed by atoms with Gasteiger partial charge in [0, 0.05) is 17.8 Å². The summed E-state index contributed by atoms with van der Waals surface area (Å²) in [5.74, 6) is 3.04. The molecule has 2 aromatic carbocycles. The molecule has 32 heavy (non-hydrogen) atoms. The summed E-state index contributed by atoms with van der Waals surface area (Å²) in [6, 6.07) is 19.2. The number of carbonyl (C=O) groups is 1. The fourth-order valence-electron chi connectivity index (χ4n) is 3.46. The third-order valence-electron chi connectivity index (χ3n) is 5.04. The number of carbonyl (C=O) groups excluding carboxylic acids is 1. The number of esters is 1. The third kappa shape index (κ3) is 5.29. The molecule has 0 aliphatic rings. The summed E-state index contributed by atoms with van der Waals surface area (Å²) in [5.41, 5.74) is 3.83. The zero-order chi connectivity index (χ0) is 22.9. The van der Waals surface area contributed by atoms with E-state index in [1.807, 2.05) is 59.2 Å². The van der Waals surface area contributed by atoms with Crippen LogP contribution in [0.3, 0.4) is 0 Å². The molecule has 1 heterocycles. The Bertz CT molecular complexity index is 1090. The van der Waals surface area contributed by atoms with Gasteiger partial charge in [-0.25, -0.2) is 4.79 Å². The Morgan fingerprint density at radius 1 is 1.16 bits per heavy atom. The summed E-state index contributed by atoms with van der Waals surface area (Å²) in [6.45, 7) is 6.80. The van der Waals surface area contributed by atoms with Crippen molar-refractivity contribution in [2.75, 3.05) is 13.7 Å². The molecule has 0 bridgehead atoms. The lowest BCUT2D eigenvalue weighted by molar-refractivity contribution is 0.0514. The molecule has 0 aliphatic carbocycles. The average molecular weight is 430 g/mol. The average Bonchev–Trinajstić information content (AvgIpc) is 3.19. The zero-order valence-corrected chi connectivity index (χ0v) is 18.4. The van der Waals surface area contributed by atoms with Gasteiger partial charge in [0.05, 0.1) is 20.3 Å². The van der Waals surface area contributed by atoms with E-state index in [0.717, 1.165) is 22.6 Å². The minimum Gasteiger partial charge on any atom is -0.497 e. The van der Waals surface area contributed by atoms with Crippen molar-refractivity contribution in [1.82, 2.24) is 4.57 Å². The van der Waals surface area contributed by atoms with Crippen molar-refractivity contribution < 1.29 is 19.0 Å². The Morgan fingerprint density at radius 2 is 1.88 bits per heavy atom. The first kappa shape index (κ1) is 22.9. The quantitative estimate of drug-likeness (QED) is 0.326. The molecule has 0 saturated heterocycles. The van der Waals surface area contributed by atoms with Gasteiger partial charge in [0.1, 0.15) is 17.5 Å². The van der Waals surface area contributed by atoms with Gasteiger partial charge < -0.3 is 18.8 Å². The van der Waals surface area contributed by atoms with Crippen molar-refractivity contribution in [1.29, 1.82) is 0 Å². The lowest BCUT2D eigenvalue weighted by atomic mass is 10.1. The van der Waals surface area contributed by atoms with E-state index < -0.39 is 12.1 Å². The van der Waals surface area contributed by atoms with Crippen molar-refractivity contribution >= 4 is 12.0 Å². The molecular formula is C27H27NO4. The second-order valence-electron chi connectivity index (χ2n) is 7.07. The molecule has 0 saturated carbocycles. The monoisotopic (exact) mass is 429 g/mol. The van der Waals surface area contributed by atoms with Crippen molar-refractivity contribution in [2.24, 2.45) is 0 Å². The molecule has 3 aromatic rings. The van der Waals surface area contributed by atoms with Crippen LogP contribution < -0.4 is 4.74 Å². The van der Waals surface area contributed by atoms with Crippen molar-refractivity contribution in [2.45, 2.75) is 26.2 Å². The van der Waals surface area contributed by atoms with Gasteiger partial charge in [-0.15, -0.1) is 6.42 Å². The standard InChI is InChI=1S/C27H27NO4/c1-5-24-23(26(6-2)32-19-21-11-9-8-10-12-21)17-25(27(29)31-7-3)28(24)18-20-13-15-22(30-4)16-14-20/h2,5,8-17,26H,1,7,18-19H2,3-4H3. The molecule has 1 atom stereocenters. The molecule has 1 unspecified atom stereocenters. The summed E-state index contributed by atoms with van der Waals surface area (Å²) in [6.07, 6.45) is 6.87. The van der Waals surface area contributed by atoms with Gasteiger partial charge in [0.2, 0.25) is 0 Å². The van der Waals surface area contributed by atoms with Crippen LogP contribution in [0.2, 0.25) is 0 Å². The number of methoxy groups -OCH3 is 1. The van der Waals surface area contributed by atoms with Gasteiger partial charge in [0.15, 0.2) is 0 Å². The van der Waals surface area contributed by atoms with Crippen LogP contribution in [0.25, 0.3) is 6.08 Å². The number of terminal acetylenes is 1. The highest BCUT2D eigenvalue weighted by Crippen LogP contribution is 2.29. The molecule has 3 rings (SSSR count). The third-order valence-corrected chi connectivity index (χ3v) is 5.04. The largest absolute Gasteiger partial charge is 0.497 e. The highest BCUT2D eigenvalue weighted by Gasteiger charge is 2.24. The van der Waals surface area contributed by atoms with E-state index in [2.05, 4.69) is 12.5 Å². The second-order valence-corrected chi connectivity index (χ2v) is 7.07. The number of rotatable bonds is 10. The minimum atomic E-state index is -0.645. The zero-order valence-electron chi connectivity index (χ0n) is 18.4. The summed E-state index contributed by atoms with van der Waals surface area (Å²) in [5, 5.41) is 0. The molecule has 164 valence electrons. The first-order chi connectivity index (χ1) is 15.6. The van der Waals surface area contributed by atoms with Gasteiger partial charge in [-0.05, 0) is 42.3 Å². The number of ether oxygens (including phenoxy) is 3. The first-order valence-corrected chi connectivity index (χ1v) is 10.4. The molecule has 5 nitrogen and oxygen atoms in total. The molecule has 5 heteroatoms. The molecule has 0 spiro atoms. The second kappa shape index (κ2) is 11.0. The highest BCUT2D eigenvalue weighted by atomic mass is 16.5. The summed E-state index contributed by atoms with van der Waals surface area (Å²) in [4.78, 5) is 12.7. The lowest BCUT2D eigenvalue weighted by Gasteiger charge is -2.15. The predicted molar refractivity (Wildman–Crippen MR) is 125 cm³/mol. The highest BCUT2D eigenvalue weighted by molar-refractivity contribution is 5.89. The predicted octanol–water partition coefficient (Wildman–Crippen LogP) is 5.26. The summed E-state index contributed by atoms with van der Waals surface area (Å²) in [7, 11) is 1.62. The molecule has 1 aromatic heterocycles. The fraction of sp³-hybridized carbons (Fsp3) is 0.222. The molecule has 0 fully saturated rings. The lowest BCUT2D eigenvalue weighted by Crippen LogP contribution is -2.14. The number of benzene rings is 2. The first-order valence-electron chi connectivity index (χ1n) is 10.4. The Kier molecular flexibility index (Phi) is 7.91. The van der Waals surface area contributed by atoms with Crippen LogP contribution >= 0.6 is 0 Å².